The Morgan fingerprint density at radius 1 is 1.29 bits per heavy atom. The van der Waals surface area contributed by atoms with Gasteiger partial charge in [0, 0.05) is 19.1 Å². The summed E-state index contributed by atoms with van der Waals surface area (Å²) in [6.07, 6.45) is 1.04. The SMILES string of the molecule is CNCc1nnc(NCC2Cc3ccccc3CN2C)o1. The summed E-state index contributed by atoms with van der Waals surface area (Å²) in [5.74, 6) is 0.599. The second-order valence-corrected chi connectivity index (χ2v) is 5.45. The van der Waals surface area contributed by atoms with Crippen LogP contribution in [-0.4, -0.2) is 41.8 Å². The lowest BCUT2D eigenvalue weighted by atomic mass is 9.94. The van der Waals surface area contributed by atoms with Crippen LogP contribution in [0.2, 0.25) is 0 Å². The number of likely N-dealkylation sites (N-methyl/N-ethyl adjacent to an activating group) is 1. The molecule has 1 aromatic carbocycles. The lowest BCUT2D eigenvalue weighted by Crippen LogP contribution is -2.42. The topological polar surface area (TPSA) is 66.2 Å². The second-order valence-electron chi connectivity index (χ2n) is 5.45. The van der Waals surface area contributed by atoms with Crippen LogP contribution in [-0.2, 0) is 19.5 Å². The Hall–Kier alpha value is -1.92. The predicted octanol–water partition coefficient (Wildman–Crippen LogP) is 1.26. The Kier molecular flexibility index (Phi) is 4.17. The van der Waals surface area contributed by atoms with Crippen LogP contribution in [0.4, 0.5) is 6.01 Å². The van der Waals surface area contributed by atoms with E-state index in [1.807, 2.05) is 7.05 Å². The molecule has 1 aromatic heterocycles. The maximum absolute atomic E-state index is 5.51. The molecule has 2 aromatic rings. The van der Waals surface area contributed by atoms with Gasteiger partial charge in [0.25, 0.3) is 0 Å². The number of aromatic nitrogens is 2. The minimum absolute atomic E-state index is 0.430. The van der Waals surface area contributed by atoms with Gasteiger partial charge in [0.15, 0.2) is 0 Å². The summed E-state index contributed by atoms with van der Waals surface area (Å²) in [6.45, 7) is 2.37. The molecule has 2 N–H and O–H groups in total. The Labute approximate surface area is 124 Å². The van der Waals surface area contributed by atoms with Crippen molar-refractivity contribution in [1.29, 1.82) is 0 Å². The monoisotopic (exact) mass is 287 g/mol. The van der Waals surface area contributed by atoms with E-state index in [-0.39, 0.29) is 0 Å². The van der Waals surface area contributed by atoms with E-state index in [9.17, 15) is 0 Å². The fourth-order valence-electron chi connectivity index (χ4n) is 2.70. The second kappa shape index (κ2) is 6.24. The number of benzene rings is 1. The van der Waals surface area contributed by atoms with E-state index in [0.29, 0.717) is 24.5 Å². The van der Waals surface area contributed by atoms with Crippen LogP contribution in [0.25, 0.3) is 0 Å². The van der Waals surface area contributed by atoms with Gasteiger partial charge in [-0.15, -0.1) is 5.10 Å². The van der Waals surface area contributed by atoms with Crippen LogP contribution in [0.3, 0.4) is 0 Å². The third-order valence-corrected chi connectivity index (χ3v) is 3.90. The highest BCUT2D eigenvalue weighted by Crippen LogP contribution is 2.22. The standard InChI is InChI=1S/C15H21N5O/c1-16-9-14-18-19-15(21-14)17-8-13-7-11-5-3-4-6-12(11)10-20(13)2/h3-6,13,16H,7-10H2,1-2H3,(H,17,19). The number of anilines is 1. The van der Waals surface area contributed by atoms with Crippen LogP contribution in [0.15, 0.2) is 28.7 Å². The molecule has 0 amide bonds. The highest BCUT2D eigenvalue weighted by Gasteiger charge is 2.23. The van der Waals surface area contributed by atoms with Gasteiger partial charge in [-0.25, -0.2) is 0 Å². The van der Waals surface area contributed by atoms with Crippen molar-refractivity contribution in [3.63, 3.8) is 0 Å². The van der Waals surface area contributed by atoms with Crippen LogP contribution in [0, 0.1) is 0 Å². The lowest BCUT2D eigenvalue weighted by Gasteiger charge is -2.33. The number of rotatable bonds is 5. The van der Waals surface area contributed by atoms with E-state index >= 15 is 0 Å². The number of nitrogens with zero attached hydrogens (tertiary/aromatic N) is 3. The molecule has 112 valence electrons. The van der Waals surface area contributed by atoms with Gasteiger partial charge < -0.3 is 15.1 Å². The highest BCUT2D eigenvalue weighted by molar-refractivity contribution is 5.30. The summed E-state index contributed by atoms with van der Waals surface area (Å²) in [5, 5.41) is 14.2. The van der Waals surface area contributed by atoms with E-state index in [2.05, 4.69) is 57.0 Å². The van der Waals surface area contributed by atoms with Crippen molar-refractivity contribution in [3.05, 3.63) is 41.3 Å². The molecule has 0 aliphatic carbocycles. The number of fused-ring (bicyclic) bond motifs is 1. The molecule has 21 heavy (non-hydrogen) atoms. The summed E-state index contributed by atoms with van der Waals surface area (Å²) in [7, 11) is 4.01. The molecule has 6 heteroatoms. The molecule has 0 radical (unpaired) electrons. The molecule has 0 bridgehead atoms. The summed E-state index contributed by atoms with van der Waals surface area (Å²) in [4.78, 5) is 2.36. The van der Waals surface area contributed by atoms with Crippen LogP contribution in [0.5, 0.6) is 0 Å². The molecule has 2 heterocycles. The van der Waals surface area contributed by atoms with Crippen LogP contribution in [0.1, 0.15) is 17.0 Å². The van der Waals surface area contributed by atoms with Crippen molar-refractivity contribution in [2.75, 3.05) is 26.0 Å². The fraction of sp³-hybridized carbons (Fsp3) is 0.467. The van der Waals surface area contributed by atoms with E-state index in [4.69, 9.17) is 4.42 Å². The molecular formula is C15H21N5O. The first-order chi connectivity index (χ1) is 10.3. The van der Waals surface area contributed by atoms with Crippen molar-refractivity contribution in [1.82, 2.24) is 20.4 Å². The van der Waals surface area contributed by atoms with Crippen molar-refractivity contribution >= 4 is 6.01 Å². The zero-order chi connectivity index (χ0) is 14.7. The van der Waals surface area contributed by atoms with E-state index in [0.717, 1.165) is 19.5 Å². The molecule has 1 unspecified atom stereocenters. The summed E-state index contributed by atoms with van der Waals surface area (Å²) in [6, 6.07) is 9.56. The Balaban J connectivity index is 1.60. The van der Waals surface area contributed by atoms with E-state index in [1.54, 1.807) is 0 Å². The first kappa shape index (κ1) is 14.0. The molecule has 1 aliphatic rings. The molecular weight excluding hydrogens is 266 g/mol. The molecule has 0 fully saturated rings. The summed E-state index contributed by atoms with van der Waals surface area (Å²) < 4.78 is 5.51. The molecule has 0 saturated carbocycles. The van der Waals surface area contributed by atoms with Gasteiger partial charge in [0.1, 0.15) is 0 Å². The maximum Gasteiger partial charge on any atom is 0.315 e. The third kappa shape index (κ3) is 3.22. The van der Waals surface area contributed by atoms with Crippen molar-refractivity contribution in [3.8, 4) is 0 Å². The quantitative estimate of drug-likeness (QED) is 0.863. The van der Waals surface area contributed by atoms with E-state index in [1.165, 1.54) is 11.1 Å². The zero-order valence-electron chi connectivity index (χ0n) is 12.5. The first-order valence-corrected chi connectivity index (χ1v) is 7.24. The highest BCUT2D eigenvalue weighted by atomic mass is 16.4. The van der Waals surface area contributed by atoms with E-state index < -0.39 is 0 Å². The van der Waals surface area contributed by atoms with Gasteiger partial charge in [0.05, 0.1) is 6.54 Å². The molecule has 0 spiro atoms. The van der Waals surface area contributed by atoms with Crippen molar-refractivity contribution in [2.45, 2.75) is 25.6 Å². The minimum atomic E-state index is 0.430. The number of hydrogen-bond donors (Lipinski definition) is 2. The van der Waals surface area contributed by atoms with Crippen molar-refractivity contribution < 1.29 is 4.42 Å². The fourth-order valence-corrected chi connectivity index (χ4v) is 2.70. The summed E-state index contributed by atoms with van der Waals surface area (Å²) >= 11 is 0. The average Bonchev–Trinajstić information content (AvgIpc) is 2.93. The van der Waals surface area contributed by atoms with Gasteiger partial charge in [-0.05, 0) is 31.6 Å². The van der Waals surface area contributed by atoms with Gasteiger partial charge in [-0.1, -0.05) is 29.4 Å². The molecule has 1 atom stereocenters. The number of nitrogens with one attached hydrogen (secondary N) is 2. The zero-order valence-corrected chi connectivity index (χ0v) is 12.5. The molecule has 1 aliphatic heterocycles. The van der Waals surface area contributed by atoms with Gasteiger partial charge in [-0.2, -0.15) is 0 Å². The minimum Gasteiger partial charge on any atom is -0.407 e. The largest absolute Gasteiger partial charge is 0.407 e. The Morgan fingerprint density at radius 3 is 2.90 bits per heavy atom. The molecule has 6 nitrogen and oxygen atoms in total. The smallest absolute Gasteiger partial charge is 0.315 e. The predicted molar refractivity (Wildman–Crippen MR) is 81.0 cm³/mol. The number of hydrogen-bond acceptors (Lipinski definition) is 6. The maximum atomic E-state index is 5.51. The third-order valence-electron chi connectivity index (χ3n) is 3.90. The first-order valence-electron chi connectivity index (χ1n) is 7.24. The van der Waals surface area contributed by atoms with Gasteiger partial charge >= 0.3 is 6.01 Å². The summed E-state index contributed by atoms with van der Waals surface area (Å²) in [5.41, 5.74) is 2.86. The van der Waals surface area contributed by atoms with Gasteiger partial charge in [0.2, 0.25) is 5.89 Å². The molecule has 0 saturated heterocycles. The van der Waals surface area contributed by atoms with Crippen molar-refractivity contribution in [2.24, 2.45) is 0 Å². The van der Waals surface area contributed by atoms with Crippen LogP contribution < -0.4 is 10.6 Å². The Morgan fingerprint density at radius 2 is 2.10 bits per heavy atom. The van der Waals surface area contributed by atoms with Gasteiger partial charge in [-0.3, -0.25) is 4.90 Å². The lowest BCUT2D eigenvalue weighted by molar-refractivity contribution is 0.224. The average molecular weight is 287 g/mol. The molecule has 3 rings (SSSR count). The Bertz CT molecular complexity index is 597. The normalized spacial score (nSPS) is 18.5. The van der Waals surface area contributed by atoms with Crippen LogP contribution >= 0.6 is 0 Å².